The first-order valence-corrected chi connectivity index (χ1v) is 6.09. The lowest BCUT2D eigenvalue weighted by Gasteiger charge is -2.27. The highest BCUT2D eigenvalue weighted by molar-refractivity contribution is 5.00. The van der Waals surface area contributed by atoms with Crippen LogP contribution in [0.25, 0.3) is 0 Å². The average molecular weight is 222 g/mol. The van der Waals surface area contributed by atoms with E-state index in [0.29, 0.717) is 11.3 Å². The molecule has 0 aliphatic carbocycles. The first-order chi connectivity index (χ1) is 7.70. The molecule has 1 heterocycles. The standard InChI is InChI=1S/C13H22N2O/c1-4-6-13(3,5-2)7-10-16-12-11-14-8-9-15-12/h8-9,11H,4-7,10H2,1-3H3. The Morgan fingerprint density at radius 2 is 2.06 bits per heavy atom. The number of hydrogen-bond acceptors (Lipinski definition) is 3. The van der Waals surface area contributed by atoms with Crippen LogP contribution in [0.15, 0.2) is 18.6 Å². The third-order valence-electron chi connectivity index (χ3n) is 3.20. The average Bonchev–Trinajstić information content (AvgIpc) is 2.31. The molecule has 1 rings (SSSR count). The molecule has 0 amide bonds. The summed E-state index contributed by atoms with van der Waals surface area (Å²) in [6.07, 6.45) is 9.73. The smallest absolute Gasteiger partial charge is 0.232 e. The van der Waals surface area contributed by atoms with Gasteiger partial charge in [0.2, 0.25) is 5.88 Å². The minimum atomic E-state index is 0.400. The summed E-state index contributed by atoms with van der Waals surface area (Å²) in [6.45, 7) is 7.54. The number of nitrogens with zero attached hydrogens (tertiary/aromatic N) is 2. The second-order valence-electron chi connectivity index (χ2n) is 4.56. The Hall–Kier alpha value is -1.12. The van der Waals surface area contributed by atoms with Crippen molar-refractivity contribution in [2.45, 2.75) is 46.5 Å². The largest absolute Gasteiger partial charge is 0.477 e. The highest BCUT2D eigenvalue weighted by Gasteiger charge is 2.20. The lowest BCUT2D eigenvalue weighted by molar-refractivity contribution is 0.188. The van der Waals surface area contributed by atoms with Crippen LogP contribution in [0.4, 0.5) is 0 Å². The van der Waals surface area contributed by atoms with Gasteiger partial charge in [0.05, 0.1) is 12.8 Å². The third kappa shape index (κ3) is 4.17. The fourth-order valence-corrected chi connectivity index (χ4v) is 1.84. The van der Waals surface area contributed by atoms with E-state index in [1.54, 1.807) is 18.6 Å². The highest BCUT2D eigenvalue weighted by atomic mass is 16.5. The van der Waals surface area contributed by atoms with Gasteiger partial charge < -0.3 is 4.74 Å². The number of hydrogen-bond donors (Lipinski definition) is 0. The van der Waals surface area contributed by atoms with Crippen LogP contribution in [0.1, 0.15) is 46.5 Å². The van der Waals surface area contributed by atoms with E-state index in [9.17, 15) is 0 Å². The molecule has 0 aromatic carbocycles. The maximum atomic E-state index is 5.58. The first kappa shape index (κ1) is 12.9. The van der Waals surface area contributed by atoms with Crippen LogP contribution in [-0.2, 0) is 0 Å². The Labute approximate surface area is 98.3 Å². The van der Waals surface area contributed by atoms with Gasteiger partial charge in [-0.25, -0.2) is 4.98 Å². The van der Waals surface area contributed by atoms with Crippen LogP contribution >= 0.6 is 0 Å². The van der Waals surface area contributed by atoms with Gasteiger partial charge in [0.15, 0.2) is 0 Å². The van der Waals surface area contributed by atoms with E-state index in [4.69, 9.17) is 4.74 Å². The molecule has 0 spiro atoms. The van der Waals surface area contributed by atoms with Gasteiger partial charge in [-0.15, -0.1) is 0 Å². The van der Waals surface area contributed by atoms with Crippen LogP contribution in [0.2, 0.25) is 0 Å². The van der Waals surface area contributed by atoms with Crippen molar-refractivity contribution < 1.29 is 4.74 Å². The first-order valence-electron chi connectivity index (χ1n) is 6.09. The second kappa shape index (κ2) is 6.46. The predicted molar refractivity (Wildman–Crippen MR) is 65.5 cm³/mol. The van der Waals surface area contributed by atoms with E-state index >= 15 is 0 Å². The van der Waals surface area contributed by atoms with Crippen LogP contribution in [0, 0.1) is 5.41 Å². The van der Waals surface area contributed by atoms with Gasteiger partial charge in [0.25, 0.3) is 0 Å². The van der Waals surface area contributed by atoms with Crippen LogP contribution in [0.3, 0.4) is 0 Å². The van der Waals surface area contributed by atoms with E-state index in [1.165, 1.54) is 19.3 Å². The van der Waals surface area contributed by atoms with Crippen molar-refractivity contribution in [1.82, 2.24) is 9.97 Å². The molecule has 1 unspecified atom stereocenters. The molecule has 0 saturated carbocycles. The van der Waals surface area contributed by atoms with E-state index in [0.717, 1.165) is 13.0 Å². The Bertz CT molecular complexity index is 289. The zero-order chi connectivity index (χ0) is 11.9. The van der Waals surface area contributed by atoms with E-state index in [2.05, 4.69) is 30.7 Å². The predicted octanol–water partition coefficient (Wildman–Crippen LogP) is 3.46. The van der Waals surface area contributed by atoms with Gasteiger partial charge in [0.1, 0.15) is 0 Å². The van der Waals surface area contributed by atoms with Gasteiger partial charge >= 0.3 is 0 Å². The van der Waals surface area contributed by atoms with Crippen molar-refractivity contribution >= 4 is 0 Å². The molecule has 0 aliphatic heterocycles. The van der Waals surface area contributed by atoms with Gasteiger partial charge in [-0.3, -0.25) is 4.98 Å². The van der Waals surface area contributed by atoms with Gasteiger partial charge in [0, 0.05) is 12.4 Å². The van der Waals surface area contributed by atoms with Crippen molar-refractivity contribution in [3.8, 4) is 5.88 Å². The molecule has 90 valence electrons. The molecule has 0 radical (unpaired) electrons. The summed E-state index contributed by atoms with van der Waals surface area (Å²) in [5, 5.41) is 0. The number of aromatic nitrogens is 2. The van der Waals surface area contributed by atoms with Crippen molar-refractivity contribution in [1.29, 1.82) is 0 Å². The molecule has 0 N–H and O–H groups in total. The summed E-state index contributed by atoms with van der Waals surface area (Å²) in [4.78, 5) is 8.05. The fraction of sp³-hybridized carbons (Fsp3) is 0.692. The van der Waals surface area contributed by atoms with E-state index in [-0.39, 0.29) is 0 Å². The van der Waals surface area contributed by atoms with Gasteiger partial charge in [-0.1, -0.05) is 33.6 Å². The molecule has 1 atom stereocenters. The molecule has 3 heteroatoms. The van der Waals surface area contributed by atoms with Crippen molar-refractivity contribution in [2.75, 3.05) is 6.61 Å². The fourth-order valence-electron chi connectivity index (χ4n) is 1.84. The maximum Gasteiger partial charge on any atom is 0.232 e. The molecule has 0 bridgehead atoms. The van der Waals surface area contributed by atoms with E-state index in [1.807, 2.05) is 0 Å². The summed E-state index contributed by atoms with van der Waals surface area (Å²) in [5.41, 5.74) is 0.400. The van der Waals surface area contributed by atoms with Crippen LogP contribution in [0.5, 0.6) is 5.88 Å². The minimum Gasteiger partial charge on any atom is -0.477 e. The van der Waals surface area contributed by atoms with Crippen molar-refractivity contribution in [2.24, 2.45) is 5.41 Å². The lowest BCUT2D eigenvalue weighted by Crippen LogP contribution is -2.18. The molecular formula is C13H22N2O. The van der Waals surface area contributed by atoms with Crippen LogP contribution < -0.4 is 4.74 Å². The molecule has 1 aromatic heterocycles. The quantitative estimate of drug-likeness (QED) is 0.708. The summed E-state index contributed by atoms with van der Waals surface area (Å²) in [6, 6.07) is 0. The number of ether oxygens (including phenoxy) is 1. The highest BCUT2D eigenvalue weighted by Crippen LogP contribution is 2.31. The minimum absolute atomic E-state index is 0.400. The van der Waals surface area contributed by atoms with Crippen LogP contribution in [-0.4, -0.2) is 16.6 Å². The Kier molecular flexibility index (Phi) is 5.23. The summed E-state index contributed by atoms with van der Waals surface area (Å²) in [5.74, 6) is 0.623. The lowest BCUT2D eigenvalue weighted by atomic mass is 9.80. The number of rotatable bonds is 7. The van der Waals surface area contributed by atoms with Gasteiger partial charge in [-0.2, -0.15) is 0 Å². The second-order valence-corrected chi connectivity index (χ2v) is 4.56. The summed E-state index contributed by atoms with van der Waals surface area (Å²) < 4.78 is 5.58. The van der Waals surface area contributed by atoms with Gasteiger partial charge in [-0.05, 0) is 18.3 Å². The van der Waals surface area contributed by atoms with E-state index < -0.39 is 0 Å². The molecule has 1 aromatic rings. The molecule has 0 aliphatic rings. The Morgan fingerprint density at radius 1 is 1.25 bits per heavy atom. The normalized spacial score (nSPS) is 14.4. The SMILES string of the molecule is CCCC(C)(CC)CCOc1cnccn1. The monoisotopic (exact) mass is 222 g/mol. The zero-order valence-electron chi connectivity index (χ0n) is 10.6. The van der Waals surface area contributed by atoms with Crippen molar-refractivity contribution in [3.63, 3.8) is 0 Å². The zero-order valence-corrected chi connectivity index (χ0v) is 10.6. The molecule has 16 heavy (non-hydrogen) atoms. The molecule has 0 saturated heterocycles. The topological polar surface area (TPSA) is 35.0 Å². The molecular weight excluding hydrogens is 200 g/mol. The maximum absolute atomic E-state index is 5.58. The summed E-state index contributed by atoms with van der Waals surface area (Å²) >= 11 is 0. The Balaban J connectivity index is 2.34. The molecule has 0 fully saturated rings. The molecule has 3 nitrogen and oxygen atoms in total. The van der Waals surface area contributed by atoms with Crippen molar-refractivity contribution in [3.05, 3.63) is 18.6 Å². The Morgan fingerprint density at radius 3 is 2.62 bits per heavy atom. The third-order valence-corrected chi connectivity index (χ3v) is 3.20. The summed E-state index contributed by atoms with van der Waals surface area (Å²) in [7, 11) is 0.